The van der Waals surface area contributed by atoms with Crippen LogP contribution < -0.4 is 10.6 Å². The van der Waals surface area contributed by atoms with E-state index in [1.165, 1.54) is 0 Å². The van der Waals surface area contributed by atoms with Gasteiger partial charge >= 0.3 is 0 Å². The summed E-state index contributed by atoms with van der Waals surface area (Å²) in [7, 11) is 0. The maximum Gasteiger partial charge on any atom is 0.191 e. The van der Waals surface area contributed by atoms with Gasteiger partial charge in [-0.15, -0.1) is 0 Å². The number of nitrogens with one attached hydrogen (secondary N) is 2. The summed E-state index contributed by atoms with van der Waals surface area (Å²) < 4.78 is 11.7. The van der Waals surface area contributed by atoms with Gasteiger partial charge in [0.1, 0.15) is 17.1 Å². The van der Waals surface area contributed by atoms with Crippen molar-refractivity contribution in [1.82, 2.24) is 10.6 Å². The second-order valence-electron chi connectivity index (χ2n) is 9.24. The van der Waals surface area contributed by atoms with E-state index < -0.39 is 5.60 Å². The van der Waals surface area contributed by atoms with E-state index in [4.69, 9.17) is 9.15 Å². The molecule has 6 heteroatoms. The molecule has 0 spiro atoms. The molecule has 0 saturated carbocycles. The van der Waals surface area contributed by atoms with Crippen LogP contribution in [0, 0.1) is 25.2 Å². The number of aliphatic imine (C=N–C) groups is 1. The third kappa shape index (κ3) is 5.98. The van der Waals surface area contributed by atoms with Crippen LogP contribution >= 0.6 is 0 Å². The van der Waals surface area contributed by atoms with Crippen LogP contribution in [0.5, 0.6) is 0 Å². The van der Waals surface area contributed by atoms with Gasteiger partial charge < -0.3 is 24.9 Å². The number of guanidine groups is 1. The van der Waals surface area contributed by atoms with E-state index in [1.54, 1.807) is 6.92 Å². The van der Waals surface area contributed by atoms with Gasteiger partial charge in [-0.25, -0.2) is 4.99 Å². The maximum atomic E-state index is 10.9. The Morgan fingerprint density at radius 3 is 2.54 bits per heavy atom. The van der Waals surface area contributed by atoms with Crippen molar-refractivity contribution in [3.05, 3.63) is 23.2 Å². The van der Waals surface area contributed by atoms with Gasteiger partial charge in [0.25, 0.3) is 0 Å². The van der Waals surface area contributed by atoms with E-state index in [1.807, 2.05) is 26.8 Å². The number of aliphatic hydroxyl groups is 1. The number of hydrogen-bond donors (Lipinski definition) is 3. The summed E-state index contributed by atoms with van der Waals surface area (Å²) in [5.74, 6) is 2.70. The first kappa shape index (κ1) is 22.8. The van der Waals surface area contributed by atoms with Gasteiger partial charge in [-0.3, -0.25) is 0 Å². The Morgan fingerprint density at radius 1 is 1.25 bits per heavy atom. The minimum Gasteiger partial charge on any atom is -0.466 e. The Kier molecular flexibility index (Phi) is 7.57. The highest BCUT2D eigenvalue weighted by Gasteiger charge is 2.35. The topological polar surface area (TPSA) is 79.0 Å². The van der Waals surface area contributed by atoms with Crippen LogP contribution in [-0.2, 0) is 10.3 Å². The molecule has 0 aliphatic carbocycles. The minimum atomic E-state index is -1.08. The van der Waals surface area contributed by atoms with Crippen molar-refractivity contribution >= 4 is 5.96 Å². The zero-order chi connectivity index (χ0) is 20.9. The standard InChI is InChI=1S/C22H39N3O3/c1-8-23-20(24-13-17-10-9-11-27-19(17)21(4,5)6)25-14-22(7,26)18-12-15(2)28-16(18)3/h12,17,19,26H,8-11,13-14H2,1-7H3,(H2,23,24,25). The van der Waals surface area contributed by atoms with Crippen LogP contribution in [0.15, 0.2) is 15.5 Å². The van der Waals surface area contributed by atoms with Crippen molar-refractivity contribution in [3.63, 3.8) is 0 Å². The average Bonchev–Trinajstić information content (AvgIpc) is 2.96. The molecule has 0 amide bonds. The van der Waals surface area contributed by atoms with Gasteiger partial charge in [0.05, 0.1) is 12.6 Å². The normalized spacial score (nSPS) is 23.4. The van der Waals surface area contributed by atoms with E-state index >= 15 is 0 Å². The first-order valence-corrected chi connectivity index (χ1v) is 10.5. The highest BCUT2D eigenvalue weighted by atomic mass is 16.5. The number of furan rings is 1. The predicted octanol–water partition coefficient (Wildman–Crippen LogP) is 3.50. The van der Waals surface area contributed by atoms with Crippen molar-refractivity contribution in [2.24, 2.45) is 16.3 Å². The van der Waals surface area contributed by atoms with Crippen molar-refractivity contribution in [2.45, 2.75) is 73.0 Å². The third-order valence-electron chi connectivity index (χ3n) is 5.34. The van der Waals surface area contributed by atoms with Crippen LogP contribution in [0.4, 0.5) is 0 Å². The molecule has 160 valence electrons. The monoisotopic (exact) mass is 393 g/mol. The molecule has 1 saturated heterocycles. The molecular weight excluding hydrogens is 354 g/mol. The first-order chi connectivity index (χ1) is 13.0. The molecule has 1 aromatic rings. The molecule has 6 nitrogen and oxygen atoms in total. The molecule has 1 fully saturated rings. The number of nitrogens with zero attached hydrogens (tertiary/aromatic N) is 1. The lowest BCUT2D eigenvalue weighted by molar-refractivity contribution is -0.0835. The predicted molar refractivity (Wildman–Crippen MR) is 114 cm³/mol. The number of hydrogen-bond acceptors (Lipinski definition) is 4. The Labute approximate surface area is 170 Å². The van der Waals surface area contributed by atoms with Gasteiger partial charge in [0.15, 0.2) is 5.96 Å². The molecule has 1 aliphatic heterocycles. The van der Waals surface area contributed by atoms with Gasteiger partial charge in [-0.2, -0.15) is 0 Å². The van der Waals surface area contributed by atoms with Gasteiger partial charge in [-0.1, -0.05) is 20.8 Å². The molecule has 3 N–H and O–H groups in total. The molecule has 3 unspecified atom stereocenters. The largest absolute Gasteiger partial charge is 0.466 e. The Balaban J connectivity index is 2.04. The van der Waals surface area contributed by atoms with Crippen molar-refractivity contribution < 1.29 is 14.3 Å². The van der Waals surface area contributed by atoms with E-state index in [0.29, 0.717) is 5.92 Å². The summed E-state index contributed by atoms with van der Waals surface area (Å²) in [6.07, 6.45) is 2.48. The highest BCUT2D eigenvalue weighted by Crippen LogP contribution is 2.33. The van der Waals surface area contributed by atoms with Gasteiger partial charge in [-0.05, 0) is 52.0 Å². The summed E-state index contributed by atoms with van der Waals surface area (Å²) in [5, 5.41) is 17.7. The number of aryl methyl sites for hydroxylation is 2. The van der Waals surface area contributed by atoms with Gasteiger partial charge in [0.2, 0.25) is 0 Å². The SMILES string of the molecule is CCNC(=NCC(C)(O)c1cc(C)oc1C)NCC1CCCOC1C(C)(C)C. The van der Waals surface area contributed by atoms with Crippen LogP contribution in [0.1, 0.15) is 64.5 Å². The fourth-order valence-corrected chi connectivity index (χ4v) is 4.06. The van der Waals surface area contributed by atoms with Crippen molar-refractivity contribution in [1.29, 1.82) is 0 Å². The maximum absolute atomic E-state index is 10.9. The Bertz CT molecular complexity index is 658. The summed E-state index contributed by atoms with van der Waals surface area (Å²) in [5.41, 5.74) is -0.174. The second kappa shape index (κ2) is 9.31. The van der Waals surface area contributed by atoms with Gasteiger partial charge in [0, 0.05) is 31.2 Å². The fraction of sp³-hybridized carbons (Fsp3) is 0.773. The molecule has 2 rings (SSSR count). The summed E-state index contributed by atoms with van der Waals surface area (Å²) >= 11 is 0. The minimum absolute atomic E-state index is 0.114. The summed E-state index contributed by atoms with van der Waals surface area (Å²) in [6, 6.07) is 1.89. The third-order valence-corrected chi connectivity index (χ3v) is 5.34. The summed E-state index contributed by atoms with van der Waals surface area (Å²) in [4.78, 5) is 4.65. The first-order valence-electron chi connectivity index (χ1n) is 10.5. The smallest absolute Gasteiger partial charge is 0.191 e. The van der Waals surface area contributed by atoms with E-state index in [-0.39, 0.29) is 18.1 Å². The molecule has 28 heavy (non-hydrogen) atoms. The van der Waals surface area contributed by atoms with Crippen molar-refractivity contribution in [3.8, 4) is 0 Å². The second-order valence-corrected chi connectivity index (χ2v) is 9.24. The van der Waals surface area contributed by atoms with E-state index in [2.05, 4.69) is 36.4 Å². The fourth-order valence-electron chi connectivity index (χ4n) is 4.06. The average molecular weight is 394 g/mol. The molecule has 1 aromatic heterocycles. The van der Waals surface area contributed by atoms with Crippen LogP contribution in [-0.4, -0.2) is 43.4 Å². The van der Waals surface area contributed by atoms with Crippen molar-refractivity contribution in [2.75, 3.05) is 26.2 Å². The molecule has 0 radical (unpaired) electrons. The molecule has 0 bridgehead atoms. The van der Waals surface area contributed by atoms with Crippen LogP contribution in [0.2, 0.25) is 0 Å². The Hall–Kier alpha value is -1.53. The van der Waals surface area contributed by atoms with Crippen LogP contribution in [0.25, 0.3) is 0 Å². The van der Waals surface area contributed by atoms with Crippen LogP contribution in [0.3, 0.4) is 0 Å². The molecule has 3 atom stereocenters. The highest BCUT2D eigenvalue weighted by molar-refractivity contribution is 5.79. The molecule has 1 aliphatic rings. The number of ether oxygens (including phenoxy) is 1. The lowest BCUT2D eigenvalue weighted by Gasteiger charge is -2.40. The molecule has 0 aromatic carbocycles. The zero-order valence-corrected chi connectivity index (χ0v) is 18.7. The summed E-state index contributed by atoms with van der Waals surface area (Å²) in [6.45, 7) is 17.0. The lowest BCUT2D eigenvalue weighted by Crippen LogP contribution is -2.47. The molecular formula is C22H39N3O3. The number of rotatable bonds is 6. The Morgan fingerprint density at radius 2 is 1.96 bits per heavy atom. The van der Waals surface area contributed by atoms with E-state index in [0.717, 1.165) is 55.6 Å². The molecule has 2 heterocycles. The zero-order valence-electron chi connectivity index (χ0n) is 18.7. The lowest BCUT2D eigenvalue weighted by atomic mass is 9.78. The quantitative estimate of drug-likeness (QED) is 0.509. The van der Waals surface area contributed by atoms with E-state index in [9.17, 15) is 5.11 Å².